The average molecular weight is 155 g/mol. The Morgan fingerprint density at radius 1 is 1.73 bits per heavy atom. The smallest absolute Gasteiger partial charge is 0.305 e. The van der Waals surface area contributed by atoms with Gasteiger partial charge in [0.15, 0.2) is 0 Å². The molecule has 0 aromatic carbocycles. The maximum Gasteiger partial charge on any atom is 0.305 e. The van der Waals surface area contributed by atoms with Crippen molar-refractivity contribution in [3.8, 4) is 6.07 Å². The summed E-state index contributed by atoms with van der Waals surface area (Å²) in [4.78, 5) is 10.7. The van der Waals surface area contributed by atoms with Crippen molar-refractivity contribution >= 4 is 5.97 Å². The third-order valence-corrected chi connectivity index (χ3v) is 1.64. The molecule has 0 amide bonds. The lowest BCUT2D eigenvalue weighted by Crippen LogP contribution is -2.08. The fraction of sp³-hybridized carbons (Fsp3) is 0.750. The molecule has 0 fully saturated rings. The molecular formula is C8H13NO2. The van der Waals surface area contributed by atoms with Crippen molar-refractivity contribution in [2.75, 3.05) is 7.11 Å². The number of carbonyl (C=O) groups is 1. The van der Waals surface area contributed by atoms with Crippen LogP contribution in [0, 0.1) is 17.2 Å². The summed E-state index contributed by atoms with van der Waals surface area (Å²) in [6, 6.07) is 2.04. The van der Waals surface area contributed by atoms with Crippen LogP contribution >= 0.6 is 0 Å². The summed E-state index contributed by atoms with van der Waals surface area (Å²) in [5.74, 6) is -0.0699. The van der Waals surface area contributed by atoms with Crippen LogP contribution in [0.5, 0.6) is 0 Å². The number of carbonyl (C=O) groups excluding carboxylic acids is 1. The van der Waals surface area contributed by atoms with E-state index < -0.39 is 0 Å². The highest BCUT2D eigenvalue weighted by Gasteiger charge is 2.11. The molecule has 0 aromatic heterocycles. The maximum atomic E-state index is 10.7. The summed E-state index contributed by atoms with van der Waals surface area (Å²) >= 11 is 0. The topological polar surface area (TPSA) is 50.1 Å². The van der Waals surface area contributed by atoms with Crippen LogP contribution < -0.4 is 0 Å². The minimum absolute atomic E-state index is 0.160. The number of nitriles is 1. The Morgan fingerprint density at radius 3 is 2.73 bits per heavy atom. The van der Waals surface area contributed by atoms with E-state index in [1.807, 2.05) is 13.0 Å². The Kier molecular flexibility index (Phi) is 5.18. The van der Waals surface area contributed by atoms with Crippen molar-refractivity contribution in [2.24, 2.45) is 5.92 Å². The molecule has 0 bridgehead atoms. The Morgan fingerprint density at radius 2 is 2.36 bits per heavy atom. The van der Waals surface area contributed by atoms with E-state index in [0.717, 1.165) is 6.42 Å². The molecule has 0 saturated carbocycles. The summed E-state index contributed by atoms with van der Waals surface area (Å²) in [6.07, 6.45) is 1.65. The Labute approximate surface area is 67.0 Å². The van der Waals surface area contributed by atoms with E-state index in [9.17, 15) is 4.79 Å². The normalized spacial score (nSPS) is 11.7. The van der Waals surface area contributed by atoms with Crippen molar-refractivity contribution < 1.29 is 9.53 Å². The molecule has 0 saturated heterocycles. The molecule has 1 atom stereocenters. The Hall–Kier alpha value is -1.04. The maximum absolute atomic E-state index is 10.7. The van der Waals surface area contributed by atoms with Crippen molar-refractivity contribution in [1.29, 1.82) is 5.26 Å². The van der Waals surface area contributed by atoms with Crippen molar-refractivity contribution in [3.63, 3.8) is 0 Å². The number of methoxy groups -OCH3 is 1. The molecule has 3 nitrogen and oxygen atoms in total. The monoisotopic (exact) mass is 155 g/mol. The molecule has 0 aliphatic heterocycles. The van der Waals surface area contributed by atoms with Gasteiger partial charge in [-0.15, -0.1) is 0 Å². The summed E-state index contributed by atoms with van der Waals surface area (Å²) in [7, 11) is 1.36. The van der Waals surface area contributed by atoms with Gasteiger partial charge >= 0.3 is 5.97 Å². The molecular weight excluding hydrogens is 142 g/mol. The molecule has 0 aliphatic carbocycles. The van der Waals surface area contributed by atoms with E-state index >= 15 is 0 Å². The Bertz CT molecular complexity index is 160. The number of nitrogens with zero attached hydrogens (tertiary/aromatic N) is 1. The number of hydrogen-bond donors (Lipinski definition) is 0. The van der Waals surface area contributed by atoms with Gasteiger partial charge < -0.3 is 4.74 Å². The molecule has 0 spiro atoms. The lowest BCUT2D eigenvalue weighted by atomic mass is 10.00. The molecule has 1 unspecified atom stereocenters. The second-order valence-corrected chi connectivity index (χ2v) is 2.42. The van der Waals surface area contributed by atoms with E-state index in [2.05, 4.69) is 4.74 Å². The standard InChI is InChI=1S/C8H13NO2/c1-3-7(4-5-9)6-8(10)11-2/h7H,3-4,6H2,1-2H3. The van der Waals surface area contributed by atoms with Crippen LogP contribution in [0.25, 0.3) is 0 Å². The predicted molar refractivity (Wildman–Crippen MR) is 40.6 cm³/mol. The van der Waals surface area contributed by atoms with Crippen molar-refractivity contribution in [1.82, 2.24) is 0 Å². The molecule has 0 N–H and O–H groups in total. The van der Waals surface area contributed by atoms with E-state index in [1.165, 1.54) is 7.11 Å². The van der Waals surface area contributed by atoms with Crippen LogP contribution in [0.15, 0.2) is 0 Å². The highest BCUT2D eigenvalue weighted by atomic mass is 16.5. The van der Waals surface area contributed by atoms with Gasteiger partial charge in [0.25, 0.3) is 0 Å². The van der Waals surface area contributed by atoms with Crippen LogP contribution in [-0.2, 0) is 9.53 Å². The van der Waals surface area contributed by atoms with E-state index in [4.69, 9.17) is 5.26 Å². The summed E-state index contributed by atoms with van der Waals surface area (Å²) in [6.45, 7) is 1.96. The fourth-order valence-corrected chi connectivity index (χ4v) is 0.809. The number of hydrogen-bond acceptors (Lipinski definition) is 3. The van der Waals surface area contributed by atoms with Gasteiger partial charge in [-0.1, -0.05) is 13.3 Å². The van der Waals surface area contributed by atoms with Crippen LogP contribution in [0.4, 0.5) is 0 Å². The molecule has 3 heteroatoms. The summed E-state index contributed by atoms with van der Waals surface area (Å²) in [5.41, 5.74) is 0. The van der Waals surface area contributed by atoms with Crippen LogP contribution in [0.2, 0.25) is 0 Å². The third kappa shape index (κ3) is 4.38. The predicted octanol–water partition coefficient (Wildman–Crippen LogP) is 1.49. The van der Waals surface area contributed by atoms with Gasteiger partial charge in [-0.05, 0) is 5.92 Å². The quantitative estimate of drug-likeness (QED) is 0.578. The molecule has 11 heavy (non-hydrogen) atoms. The molecule has 0 radical (unpaired) electrons. The molecule has 0 heterocycles. The lowest BCUT2D eigenvalue weighted by molar-refractivity contribution is -0.141. The fourth-order valence-electron chi connectivity index (χ4n) is 0.809. The first-order valence-electron chi connectivity index (χ1n) is 3.68. The van der Waals surface area contributed by atoms with Gasteiger partial charge in [-0.3, -0.25) is 4.79 Å². The zero-order chi connectivity index (χ0) is 8.69. The van der Waals surface area contributed by atoms with E-state index in [0.29, 0.717) is 12.8 Å². The second kappa shape index (κ2) is 5.72. The zero-order valence-corrected chi connectivity index (χ0v) is 6.96. The van der Waals surface area contributed by atoms with Gasteiger partial charge in [0.05, 0.1) is 13.2 Å². The first kappa shape index (κ1) is 9.96. The van der Waals surface area contributed by atoms with Crippen LogP contribution in [0.1, 0.15) is 26.2 Å². The van der Waals surface area contributed by atoms with Gasteiger partial charge in [0.2, 0.25) is 0 Å². The molecule has 62 valence electrons. The first-order chi connectivity index (χ1) is 5.24. The van der Waals surface area contributed by atoms with Gasteiger partial charge in [-0.2, -0.15) is 5.26 Å². The zero-order valence-electron chi connectivity index (χ0n) is 6.96. The highest BCUT2D eigenvalue weighted by molar-refractivity contribution is 5.69. The van der Waals surface area contributed by atoms with Crippen LogP contribution in [-0.4, -0.2) is 13.1 Å². The minimum Gasteiger partial charge on any atom is -0.469 e. The lowest BCUT2D eigenvalue weighted by Gasteiger charge is -2.07. The van der Waals surface area contributed by atoms with E-state index in [-0.39, 0.29) is 11.9 Å². The Balaban J connectivity index is 3.70. The number of esters is 1. The minimum atomic E-state index is -0.230. The number of ether oxygens (including phenoxy) is 1. The van der Waals surface area contributed by atoms with Crippen molar-refractivity contribution in [3.05, 3.63) is 0 Å². The number of rotatable bonds is 4. The second-order valence-electron chi connectivity index (χ2n) is 2.42. The van der Waals surface area contributed by atoms with Crippen LogP contribution in [0.3, 0.4) is 0 Å². The third-order valence-electron chi connectivity index (χ3n) is 1.64. The first-order valence-corrected chi connectivity index (χ1v) is 3.68. The molecule has 0 rings (SSSR count). The summed E-state index contributed by atoms with van der Waals surface area (Å²) < 4.78 is 4.48. The van der Waals surface area contributed by atoms with Crippen molar-refractivity contribution in [2.45, 2.75) is 26.2 Å². The summed E-state index contributed by atoms with van der Waals surface area (Å²) in [5, 5.41) is 8.35. The van der Waals surface area contributed by atoms with Gasteiger partial charge in [0.1, 0.15) is 0 Å². The average Bonchev–Trinajstić information content (AvgIpc) is 2.03. The van der Waals surface area contributed by atoms with E-state index in [1.54, 1.807) is 0 Å². The molecule has 0 aliphatic rings. The largest absolute Gasteiger partial charge is 0.469 e. The van der Waals surface area contributed by atoms with Gasteiger partial charge in [0, 0.05) is 12.8 Å². The highest BCUT2D eigenvalue weighted by Crippen LogP contribution is 2.12. The molecule has 0 aromatic rings. The SMILES string of the molecule is CCC(CC#N)CC(=O)OC. The van der Waals surface area contributed by atoms with Gasteiger partial charge in [-0.25, -0.2) is 0 Å².